The van der Waals surface area contributed by atoms with Gasteiger partial charge in [-0.25, -0.2) is 4.98 Å². The highest BCUT2D eigenvalue weighted by Gasteiger charge is 2.36. The van der Waals surface area contributed by atoms with E-state index in [1.807, 2.05) is 0 Å². The summed E-state index contributed by atoms with van der Waals surface area (Å²) in [5, 5.41) is 1.94. The Morgan fingerprint density at radius 3 is 2.23 bits per heavy atom. The molecule has 0 aliphatic carbocycles. The fourth-order valence-electron chi connectivity index (χ4n) is 3.48. The van der Waals surface area contributed by atoms with Gasteiger partial charge in [0.05, 0.1) is 16.8 Å². The Morgan fingerprint density at radius 2 is 1.61 bits per heavy atom. The van der Waals surface area contributed by atoms with Crippen LogP contribution in [-0.2, 0) is 10.7 Å². The van der Waals surface area contributed by atoms with E-state index in [2.05, 4.69) is 4.98 Å². The molecule has 1 aliphatic rings. The number of carbonyl (C=O) groups is 2. The number of imide groups is 1. The molecule has 1 aromatic heterocycles. The van der Waals surface area contributed by atoms with Gasteiger partial charge in [0.15, 0.2) is 5.13 Å². The molecule has 0 radical (unpaired) electrons. The van der Waals surface area contributed by atoms with Gasteiger partial charge in [0.25, 0.3) is 17.7 Å². The number of halogens is 2. The van der Waals surface area contributed by atoms with Crippen molar-refractivity contribution in [2.24, 2.45) is 0 Å². The Bertz CT molecular complexity index is 1100. The van der Waals surface area contributed by atoms with Gasteiger partial charge in [-0.15, -0.1) is 11.3 Å². The lowest BCUT2D eigenvalue weighted by Crippen LogP contribution is -2.31. The summed E-state index contributed by atoms with van der Waals surface area (Å²) in [6, 6.07) is 12.7. The Balaban J connectivity index is 1.34. The van der Waals surface area contributed by atoms with Crippen molar-refractivity contribution in [2.75, 3.05) is 25.5 Å². The summed E-state index contributed by atoms with van der Waals surface area (Å²) in [6.45, 7) is -0.743. The zero-order valence-electron chi connectivity index (χ0n) is 16.4. The van der Waals surface area contributed by atoms with E-state index >= 15 is 0 Å². The molecule has 2 aromatic carbocycles. The van der Waals surface area contributed by atoms with Crippen LogP contribution in [0.5, 0.6) is 0 Å². The van der Waals surface area contributed by atoms with Gasteiger partial charge in [-0.3, -0.25) is 14.5 Å². The number of anilines is 1. The van der Waals surface area contributed by atoms with Crippen LogP contribution in [0.1, 0.15) is 32.7 Å². The molecule has 9 heteroatoms. The van der Waals surface area contributed by atoms with E-state index in [0.717, 1.165) is 4.90 Å². The maximum absolute atomic E-state index is 14.8. The zero-order valence-corrected chi connectivity index (χ0v) is 17.2. The number of benzene rings is 2. The number of rotatable bonds is 8. The number of fused-ring (bicyclic) bond motifs is 1. The van der Waals surface area contributed by atoms with Crippen molar-refractivity contribution >= 4 is 28.3 Å². The Morgan fingerprint density at radius 1 is 1.00 bits per heavy atom. The summed E-state index contributed by atoms with van der Waals surface area (Å²) in [5.41, 5.74) is 6.85. The van der Waals surface area contributed by atoms with Gasteiger partial charge in [0, 0.05) is 29.7 Å². The van der Waals surface area contributed by atoms with Crippen LogP contribution in [0.15, 0.2) is 53.9 Å². The molecule has 0 spiro atoms. The SMILES string of the molecule is Nc1nc(-c2ccccc2C(F)(F)COCCCN2C(=O)c3ccccc3C2=O)cs1. The van der Waals surface area contributed by atoms with Crippen molar-refractivity contribution < 1.29 is 23.1 Å². The molecular weight excluding hydrogens is 424 g/mol. The van der Waals surface area contributed by atoms with Gasteiger partial charge in [0.1, 0.15) is 6.61 Å². The summed E-state index contributed by atoms with van der Waals surface area (Å²) < 4.78 is 34.9. The zero-order chi connectivity index (χ0) is 22.0. The van der Waals surface area contributed by atoms with Crippen molar-refractivity contribution in [1.82, 2.24) is 9.88 Å². The number of ether oxygens (including phenoxy) is 1. The number of nitrogen functional groups attached to an aromatic ring is 1. The Kier molecular flexibility index (Phi) is 5.79. The number of aromatic nitrogens is 1. The van der Waals surface area contributed by atoms with Crippen LogP contribution in [0.3, 0.4) is 0 Å². The number of hydrogen-bond donors (Lipinski definition) is 1. The predicted octanol–water partition coefficient (Wildman–Crippen LogP) is 4.19. The number of nitrogens with two attached hydrogens (primary N) is 1. The first-order chi connectivity index (χ1) is 14.9. The monoisotopic (exact) mass is 443 g/mol. The highest BCUT2D eigenvalue weighted by atomic mass is 32.1. The molecule has 0 unspecified atom stereocenters. The molecule has 0 saturated heterocycles. The van der Waals surface area contributed by atoms with Crippen molar-refractivity contribution in [3.05, 3.63) is 70.6 Å². The van der Waals surface area contributed by atoms with Crippen molar-refractivity contribution in [3.63, 3.8) is 0 Å². The highest BCUT2D eigenvalue weighted by Crippen LogP contribution is 2.37. The molecule has 2 heterocycles. The Hall–Kier alpha value is -3.17. The van der Waals surface area contributed by atoms with Crippen LogP contribution in [0.4, 0.5) is 13.9 Å². The van der Waals surface area contributed by atoms with Crippen LogP contribution in [0.2, 0.25) is 0 Å². The minimum atomic E-state index is -3.25. The minimum Gasteiger partial charge on any atom is -0.375 e. The Labute approximate surface area is 181 Å². The van der Waals surface area contributed by atoms with E-state index in [1.54, 1.807) is 41.8 Å². The third kappa shape index (κ3) is 4.19. The van der Waals surface area contributed by atoms with Crippen molar-refractivity contribution in [3.8, 4) is 11.3 Å². The van der Waals surface area contributed by atoms with E-state index in [4.69, 9.17) is 10.5 Å². The van der Waals surface area contributed by atoms with Gasteiger partial charge in [-0.2, -0.15) is 8.78 Å². The summed E-state index contributed by atoms with van der Waals surface area (Å²) in [6.07, 6.45) is 0.256. The molecule has 0 atom stereocenters. The molecular formula is C22H19F2N3O3S. The molecule has 2 amide bonds. The fourth-order valence-corrected chi connectivity index (χ4v) is 4.04. The lowest BCUT2D eigenvalue weighted by atomic mass is 10.00. The second kappa shape index (κ2) is 8.52. The smallest absolute Gasteiger partial charge is 0.296 e. The standard InChI is InChI=1S/C22H19F2N3O3S/c23-22(24,17-9-4-3-8-16(17)18-12-31-21(25)26-18)13-30-11-5-10-27-19(28)14-6-1-2-7-15(14)20(27)29/h1-4,6-9,12H,5,10-11,13H2,(H2,25,26). The maximum atomic E-state index is 14.8. The molecule has 0 bridgehead atoms. The molecule has 4 rings (SSSR count). The predicted molar refractivity (Wildman–Crippen MR) is 113 cm³/mol. The molecule has 6 nitrogen and oxygen atoms in total. The van der Waals surface area contributed by atoms with E-state index in [1.165, 1.54) is 23.5 Å². The molecule has 160 valence electrons. The first kappa shape index (κ1) is 21.1. The largest absolute Gasteiger partial charge is 0.375 e. The van der Waals surface area contributed by atoms with E-state index in [0.29, 0.717) is 27.5 Å². The van der Waals surface area contributed by atoms with Gasteiger partial charge in [-0.1, -0.05) is 36.4 Å². The normalized spacial score (nSPS) is 13.7. The number of hydrogen-bond acceptors (Lipinski definition) is 6. The number of nitrogens with zero attached hydrogens (tertiary/aromatic N) is 2. The molecule has 2 N–H and O–H groups in total. The lowest BCUT2D eigenvalue weighted by Gasteiger charge is -2.20. The quantitative estimate of drug-likeness (QED) is 0.417. The number of amides is 2. The maximum Gasteiger partial charge on any atom is 0.296 e. The molecule has 3 aromatic rings. The van der Waals surface area contributed by atoms with Gasteiger partial charge >= 0.3 is 0 Å². The summed E-state index contributed by atoms with van der Waals surface area (Å²) >= 11 is 1.18. The van der Waals surface area contributed by atoms with Crippen LogP contribution < -0.4 is 5.73 Å². The second-order valence-corrected chi connectivity index (χ2v) is 7.92. The fraction of sp³-hybridized carbons (Fsp3) is 0.227. The van der Waals surface area contributed by atoms with E-state index in [-0.39, 0.29) is 37.0 Å². The first-order valence-electron chi connectivity index (χ1n) is 9.60. The number of carbonyl (C=O) groups excluding carboxylic acids is 2. The molecule has 31 heavy (non-hydrogen) atoms. The summed E-state index contributed by atoms with van der Waals surface area (Å²) in [4.78, 5) is 29.9. The number of thiazole rings is 1. The van der Waals surface area contributed by atoms with Gasteiger partial charge < -0.3 is 10.5 Å². The number of alkyl halides is 2. The first-order valence-corrected chi connectivity index (χ1v) is 10.5. The van der Waals surface area contributed by atoms with Crippen LogP contribution in [0.25, 0.3) is 11.3 Å². The molecule has 0 fully saturated rings. The van der Waals surface area contributed by atoms with Gasteiger partial charge in [-0.05, 0) is 18.6 Å². The van der Waals surface area contributed by atoms with Crippen molar-refractivity contribution in [1.29, 1.82) is 0 Å². The second-order valence-electron chi connectivity index (χ2n) is 7.03. The topological polar surface area (TPSA) is 85.5 Å². The van der Waals surface area contributed by atoms with Crippen LogP contribution in [0, 0.1) is 0 Å². The summed E-state index contributed by atoms with van der Waals surface area (Å²) in [7, 11) is 0. The van der Waals surface area contributed by atoms with Crippen molar-refractivity contribution in [2.45, 2.75) is 12.3 Å². The van der Waals surface area contributed by atoms with Crippen LogP contribution >= 0.6 is 11.3 Å². The van der Waals surface area contributed by atoms with E-state index in [9.17, 15) is 18.4 Å². The van der Waals surface area contributed by atoms with Gasteiger partial charge in [0.2, 0.25) is 0 Å². The average Bonchev–Trinajstić information content (AvgIpc) is 3.30. The average molecular weight is 443 g/mol. The third-order valence-electron chi connectivity index (χ3n) is 4.95. The highest BCUT2D eigenvalue weighted by molar-refractivity contribution is 7.13. The minimum absolute atomic E-state index is 0.0190. The molecule has 1 aliphatic heterocycles. The summed E-state index contributed by atoms with van der Waals surface area (Å²) in [5.74, 6) is -3.99. The molecule has 0 saturated carbocycles. The lowest BCUT2D eigenvalue weighted by molar-refractivity contribution is -0.0828. The van der Waals surface area contributed by atoms with E-state index < -0.39 is 12.5 Å². The van der Waals surface area contributed by atoms with Crippen LogP contribution in [-0.4, -0.2) is 41.5 Å². The third-order valence-corrected chi connectivity index (χ3v) is 5.62.